The monoisotopic (exact) mass is 250 g/mol. The fraction of sp³-hybridized carbons (Fsp3) is 0.143. The molecule has 0 bridgehead atoms. The maximum absolute atomic E-state index is 13.7. The molecule has 0 aliphatic heterocycles. The number of hydrogen-bond donors (Lipinski definition) is 1. The van der Waals surface area contributed by atoms with E-state index in [1.54, 1.807) is 19.1 Å². The van der Waals surface area contributed by atoms with E-state index >= 15 is 0 Å². The van der Waals surface area contributed by atoms with Gasteiger partial charge < -0.3 is 9.84 Å². The average Bonchev–Trinajstić information content (AvgIpc) is 2.37. The van der Waals surface area contributed by atoms with Gasteiger partial charge in [-0.25, -0.2) is 8.78 Å². The van der Waals surface area contributed by atoms with E-state index in [0.717, 1.165) is 6.07 Å². The van der Waals surface area contributed by atoms with Gasteiger partial charge >= 0.3 is 0 Å². The summed E-state index contributed by atoms with van der Waals surface area (Å²) in [6.45, 7) is 1.25. The summed E-state index contributed by atoms with van der Waals surface area (Å²) in [6, 6.07) is 8.48. The fourth-order valence-corrected chi connectivity index (χ4v) is 1.59. The fourth-order valence-electron chi connectivity index (χ4n) is 1.59. The smallest absolute Gasteiger partial charge is 0.168 e. The Hall–Kier alpha value is -1.94. The van der Waals surface area contributed by atoms with Crippen LogP contribution in [0.25, 0.3) is 0 Å². The molecule has 0 aliphatic carbocycles. The van der Waals surface area contributed by atoms with Crippen molar-refractivity contribution in [1.82, 2.24) is 0 Å². The highest BCUT2D eigenvalue weighted by Gasteiger charge is 2.10. The van der Waals surface area contributed by atoms with Gasteiger partial charge in [0.15, 0.2) is 11.6 Å². The van der Waals surface area contributed by atoms with E-state index in [0.29, 0.717) is 5.56 Å². The van der Waals surface area contributed by atoms with E-state index in [1.165, 1.54) is 18.2 Å². The first-order valence-corrected chi connectivity index (χ1v) is 5.44. The maximum Gasteiger partial charge on any atom is 0.168 e. The number of aliphatic hydroxyl groups is 1. The molecule has 2 rings (SSSR count). The summed E-state index contributed by atoms with van der Waals surface area (Å²) in [4.78, 5) is 0. The molecule has 0 heterocycles. The molecular formula is C14H12F2O2. The third-order valence-corrected chi connectivity index (χ3v) is 2.57. The van der Waals surface area contributed by atoms with Crippen molar-refractivity contribution in [3.63, 3.8) is 0 Å². The van der Waals surface area contributed by atoms with Gasteiger partial charge in [0.05, 0.1) is 6.61 Å². The molecule has 0 aromatic heterocycles. The molecule has 0 radical (unpaired) electrons. The van der Waals surface area contributed by atoms with Gasteiger partial charge in [-0.15, -0.1) is 0 Å². The Morgan fingerprint density at radius 1 is 1.11 bits per heavy atom. The lowest BCUT2D eigenvalue weighted by molar-refractivity contribution is 0.275. The zero-order chi connectivity index (χ0) is 13.1. The van der Waals surface area contributed by atoms with Crippen LogP contribution in [0.4, 0.5) is 8.78 Å². The Bertz CT molecular complexity index is 568. The zero-order valence-corrected chi connectivity index (χ0v) is 9.78. The molecule has 2 aromatic rings. The van der Waals surface area contributed by atoms with Crippen molar-refractivity contribution in [3.8, 4) is 11.5 Å². The van der Waals surface area contributed by atoms with Crippen molar-refractivity contribution in [2.24, 2.45) is 0 Å². The van der Waals surface area contributed by atoms with E-state index in [2.05, 4.69) is 0 Å². The minimum absolute atomic E-state index is 0.0521. The maximum atomic E-state index is 13.7. The Morgan fingerprint density at radius 3 is 2.61 bits per heavy atom. The van der Waals surface area contributed by atoms with Crippen molar-refractivity contribution in [2.45, 2.75) is 13.5 Å². The van der Waals surface area contributed by atoms with E-state index in [-0.39, 0.29) is 23.7 Å². The van der Waals surface area contributed by atoms with Crippen molar-refractivity contribution < 1.29 is 18.6 Å². The Kier molecular flexibility index (Phi) is 3.58. The van der Waals surface area contributed by atoms with Crippen LogP contribution in [-0.4, -0.2) is 5.11 Å². The van der Waals surface area contributed by atoms with Crippen LogP contribution in [0.1, 0.15) is 11.1 Å². The quantitative estimate of drug-likeness (QED) is 0.902. The molecule has 0 amide bonds. The van der Waals surface area contributed by atoms with Crippen LogP contribution < -0.4 is 4.74 Å². The number of rotatable bonds is 3. The molecule has 0 saturated heterocycles. The summed E-state index contributed by atoms with van der Waals surface area (Å²) < 4.78 is 32.1. The summed E-state index contributed by atoms with van der Waals surface area (Å²) in [6.07, 6.45) is 0. The zero-order valence-electron chi connectivity index (χ0n) is 9.78. The standard InChI is InChI=1S/C14H12F2O2/c1-9-3-2-4-13(14(9)16)18-12-6-5-11(15)7-10(12)8-17/h2-7,17H,8H2,1H3. The number of hydrogen-bond acceptors (Lipinski definition) is 2. The molecule has 4 heteroatoms. The Labute approximate surface area is 103 Å². The highest BCUT2D eigenvalue weighted by molar-refractivity contribution is 5.39. The molecule has 0 saturated carbocycles. The van der Waals surface area contributed by atoms with Crippen LogP contribution >= 0.6 is 0 Å². The largest absolute Gasteiger partial charge is 0.454 e. The van der Waals surface area contributed by atoms with Gasteiger partial charge in [-0.3, -0.25) is 0 Å². The second-order valence-electron chi connectivity index (χ2n) is 3.90. The third-order valence-electron chi connectivity index (χ3n) is 2.57. The lowest BCUT2D eigenvalue weighted by atomic mass is 10.2. The summed E-state index contributed by atoms with van der Waals surface area (Å²) >= 11 is 0. The average molecular weight is 250 g/mol. The second kappa shape index (κ2) is 5.14. The number of ether oxygens (including phenoxy) is 1. The van der Waals surface area contributed by atoms with Gasteiger partial charge in [0, 0.05) is 5.56 Å². The van der Waals surface area contributed by atoms with Crippen molar-refractivity contribution in [2.75, 3.05) is 0 Å². The van der Waals surface area contributed by atoms with Crippen molar-refractivity contribution in [3.05, 3.63) is 59.2 Å². The molecule has 94 valence electrons. The van der Waals surface area contributed by atoms with Gasteiger partial charge in [0.25, 0.3) is 0 Å². The van der Waals surface area contributed by atoms with Crippen LogP contribution in [0.5, 0.6) is 11.5 Å². The molecule has 0 unspecified atom stereocenters. The lowest BCUT2D eigenvalue weighted by Crippen LogP contribution is -1.95. The predicted molar refractivity (Wildman–Crippen MR) is 63.5 cm³/mol. The van der Waals surface area contributed by atoms with Crippen LogP contribution in [0.15, 0.2) is 36.4 Å². The molecule has 2 aromatic carbocycles. The Balaban J connectivity index is 2.37. The van der Waals surface area contributed by atoms with Gasteiger partial charge in [-0.05, 0) is 36.8 Å². The first-order valence-electron chi connectivity index (χ1n) is 5.44. The predicted octanol–water partition coefficient (Wildman–Crippen LogP) is 3.56. The molecule has 0 atom stereocenters. The minimum atomic E-state index is -0.476. The molecule has 18 heavy (non-hydrogen) atoms. The van der Waals surface area contributed by atoms with Gasteiger partial charge in [-0.2, -0.15) is 0 Å². The van der Waals surface area contributed by atoms with E-state index in [9.17, 15) is 8.78 Å². The van der Waals surface area contributed by atoms with Gasteiger partial charge in [0.1, 0.15) is 11.6 Å². The molecule has 0 aliphatic rings. The highest BCUT2D eigenvalue weighted by atomic mass is 19.1. The van der Waals surface area contributed by atoms with E-state index < -0.39 is 11.6 Å². The highest BCUT2D eigenvalue weighted by Crippen LogP contribution is 2.29. The van der Waals surface area contributed by atoms with Crippen LogP contribution in [-0.2, 0) is 6.61 Å². The summed E-state index contributed by atoms with van der Waals surface area (Å²) in [7, 11) is 0. The first-order chi connectivity index (χ1) is 8.61. The first kappa shape index (κ1) is 12.5. The number of aryl methyl sites for hydroxylation is 1. The van der Waals surface area contributed by atoms with Crippen LogP contribution in [0, 0.1) is 18.6 Å². The summed E-state index contributed by atoms with van der Waals surface area (Å²) in [5.74, 6) is -0.651. The molecule has 1 N–H and O–H groups in total. The topological polar surface area (TPSA) is 29.5 Å². The van der Waals surface area contributed by atoms with E-state index in [4.69, 9.17) is 9.84 Å². The minimum Gasteiger partial charge on any atom is -0.454 e. The normalized spacial score (nSPS) is 10.4. The lowest BCUT2D eigenvalue weighted by Gasteiger charge is -2.11. The van der Waals surface area contributed by atoms with Crippen LogP contribution in [0.3, 0.4) is 0 Å². The van der Waals surface area contributed by atoms with Crippen molar-refractivity contribution in [1.29, 1.82) is 0 Å². The number of aliphatic hydroxyl groups excluding tert-OH is 1. The van der Waals surface area contributed by atoms with Gasteiger partial charge in [-0.1, -0.05) is 12.1 Å². The number of benzene rings is 2. The third kappa shape index (κ3) is 2.49. The van der Waals surface area contributed by atoms with Crippen LogP contribution in [0.2, 0.25) is 0 Å². The molecule has 0 spiro atoms. The second-order valence-corrected chi connectivity index (χ2v) is 3.90. The van der Waals surface area contributed by atoms with Gasteiger partial charge in [0.2, 0.25) is 0 Å². The number of halogens is 2. The molecular weight excluding hydrogens is 238 g/mol. The summed E-state index contributed by atoms with van der Waals surface area (Å²) in [5.41, 5.74) is 0.732. The van der Waals surface area contributed by atoms with Crippen molar-refractivity contribution >= 4 is 0 Å². The SMILES string of the molecule is Cc1cccc(Oc2ccc(F)cc2CO)c1F. The Morgan fingerprint density at radius 2 is 1.89 bits per heavy atom. The molecule has 0 fully saturated rings. The summed E-state index contributed by atoms with van der Waals surface area (Å²) in [5, 5.41) is 9.10. The van der Waals surface area contributed by atoms with E-state index in [1.807, 2.05) is 0 Å². The molecule has 2 nitrogen and oxygen atoms in total.